The maximum Gasteiger partial charge on any atom is 0.0797 e. The number of hydrogen-bond acceptors (Lipinski definition) is 2. The van der Waals surface area contributed by atoms with Gasteiger partial charge in [0.05, 0.1) is 18.8 Å². The van der Waals surface area contributed by atoms with E-state index in [2.05, 4.69) is 26.0 Å². The molecule has 0 aromatic heterocycles. The van der Waals surface area contributed by atoms with Gasteiger partial charge in [0.25, 0.3) is 0 Å². The molecule has 86 valence electrons. The second-order valence-corrected chi connectivity index (χ2v) is 4.23. The van der Waals surface area contributed by atoms with Crippen molar-refractivity contribution >= 4 is 0 Å². The lowest BCUT2D eigenvalue weighted by atomic mass is 10.1. The Hall–Kier alpha value is -0.600. The molecule has 2 nitrogen and oxygen atoms in total. The maximum atomic E-state index is 9.53. The van der Waals surface area contributed by atoms with Crippen molar-refractivity contribution in [2.75, 3.05) is 6.61 Å². The summed E-state index contributed by atoms with van der Waals surface area (Å²) in [5.74, 6) is 0. The second kappa shape index (κ2) is 6.81. The zero-order chi connectivity index (χ0) is 11.1. The number of rotatable bonds is 5. The predicted octanol–water partition coefficient (Wildman–Crippen LogP) is 2.83. The molecule has 2 heteroatoms. The standard InChI is InChI=1S/C13H22O2/c1-3-5-12(14)6-4-7-13-10-11(2)8-9-15-13/h4,7-8,12-14H,3,5-6,9-10H2,1-2H3/b7-4+/t12-,13+/m0/s1. The van der Waals surface area contributed by atoms with Crippen LogP contribution in [0.15, 0.2) is 23.8 Å². The molecule has 2 atom stereocenters. The summed E-state index contributed by atoms with van der Waals surface area (Å²) in [7, 11) is 0. The Bertz CT molecular complexity index is 231. The molecule has 0 aromatic rings. The molecule has 0 spiro atoms. The molecule has 0 amide bonds. The predicted molar refractivity (Wildman–Crippen MR) is 62.8 cm³/mol. The normalized spacial score (nSPS) is 24.2. The Morgan fingerprint density at radius 2 is 2.47 bits per heavy atom. The SMILES string of the molecule is CCC[C@H](O)C/C=C/[C@@H]1CC(C)=CCO1. The molecule has 1 aliphatic heterocycles. The molecule has 1 heterocycles. The molecule has 1 N–H and O–H groups in total. The van der Waals surface area contributed by atoms with Crippen molar-refractivity contribution in [2.24, 2.45) is 0 Å². The molecule has 0 fully saturated rings. The first-order chi connectivity index (χ1) is 7.22. The van der Waals surface area contributed by atoms with Gasteiger partial charge < -0.3 is 9.84 Å². The molecular weight excluding hydrogens is 188 g/mol. The van der Waals surface area contributed by atoms with E-state index in [0.717, 1.165) is 32.3 Å². The highest BCUT2D eigenvalue weighted by molar-refractivity contribution is 5.07. The smallest absolute Gasteiger partial charge is 0.0797 e. The highest BCUT2D eigenvalue weighted by Gasteiger charge is 2.09. The zero-order valence-corrected chi connectivity index (χ0v) is 9.78. The van der Waals surface area contributed by atoms with Crippen LogP contribution in [-0.2, 0) is 4.74 Å². The third-order valence-corrected chi connectivity index (χ3v) is 2.65. The van der Waals surface area contributed by atoms with E-state index in [1.54, 1.807) is 0 Å². The molecule has 0 aromatic carbocycles. The van der Waals surface area contributed by atoms with E-state index in [0.29, 0.717) is 0 Å². The lowest BCUT2D eigenvalue weighted by Gasteiger charge is -2.18. The number of aliphatic hydroxyl groups excluding tert-OH is 1. The molecule has 1 aliphatic rings. The summed E-state index contributed by atoms with van der Waals surface area (Å²) in [5, 5.41) is 9.53. The van der Waals surface area contributed by atoms with E-state index in [9.17, 15) is 5.11 Å². The van der Waals surface area contributed by atoms with Crippen LogP contribution in [-0.4, -0.2) is 23.9 Å². The third kappa shape index (κ3) is 5.14. The minimum atomic E-state index is -0.188. The summed E-state index contributed by atoms with van der Waals surface area (Å²) in [5.41, 5.74) is 1.39. The van der Waals surface area contributed by atoms with Gasteiger partial charge in [-0.15, -0.1) is 0 Å². The van der Waals surface area contributed by atoms with Crippen molar-refractivity contribution in [1.82, 2.24) is 0 Å². The van der Waals surface area contributed by atoms with Gasteiger partial charge in [-0.25, -0.2) is 0 Å². The van der Waals surface area contributed by atoms with Crippen molar-refractivity contribution < 1.29 is 9.84 Å². The van der Waals surface area contributed by atoms with Gasteiger partial charge in [-0.05, 0) is 26.2 Å². The molecule has 0 unspecified atom stereocenters. The minimum Gasteiger partial charge on any atom is -0.393 e. The van der Waals surface area contributed by atoms with Crippen molar-refractivity contribution in [3.63, 3.8) is 0 Å². The molecule has 0 saturated carbocycles. The van der Waals surface area contributed by atoms with E-state index in [4.69, 9.17) is 4.74 Å². The van der Waals surface area contributed by atoms with E-state index >= 15 is 0 Å². The van der Waals surface area contributed by atoms with E-state index < -0.39 is 0 Å². The Morgan fingerprint density at radius 3 is 3.13 bits per heavy atom. The van der Waals surface area contributed by atoms with Crippen LogP contribution in [0.2, 0.25) is 0 Å². The fourth-order valence-electron chi connectivity index (χ4n) is 1.74. The van der Waals surface area contributed by atoms with Crippen molar-refractivity contribution in [3.05, 3.63) is 23.8 Å². The van der Waals surface area contributed by atoms with Crippen LogP contribution in [0.1, 0.15) is 39.5 Å². The fraction of sp³-hybridized carbons (Fsp3) is 0.692. The van der Waals surface area contributed by atoms with Crippen LogP contribution in [0.4, 0.5) is 0 Å². The van der Waals surface area contributed by atoms with Gasteiger partial charge in [-0.1, -0.05) is 37.1 Å². The average molecular weight is 210 g/mol. The largest absolute Gasteiger partial charge is 0.393 e. The highest BCUT2D eigenvalue weighted by atomic mass is 16.5. The van der Waals surface area contributed by atoms with Crippen LogP contribution in [0.3, 0.4) is 0 Å². The first kappa shape index (κ1) is 12.5. The van der Waals surface area contributed by atoms with Gasteiger partial charge in [0.1, 0.15) is 0 Å². The van der Waals surface area contributed by atoms with Crippen molar-refractivity contribution in [2.45, 2.75) is 51.7 Å². The molecule has 1 rings (SSSR count). The van der Waals surface area contributed by atoms with Crippen LogP contribution in [0.25, 0.3) is 0 Å². The van der Waals surface area contributed by atoms with E-state index in [1.807, 2.05) is 6.08 Å². The molecule has 15 heavy (non-hydrogen) atoms. The number of aliphatic hydroxyl groups is 1. The van der Waals surface area contributed by atoms with E-state index in [1.165, 1.54) is 5.57 Å². The Labute approximate surface area is 92.6 Å². The van der Waals surface area contributed by atoms with Gasteiger partial charge in [0, 0.05) is 0 Å². The lowest BCUT2D eigenvalue weighted by molar-refractivity contribution is 0.0981. The Morgan fingerprint density at radius 1 is 1.67 bits per heavy atom. The van der Waals surface area contributed by atoms with Crippen molar-refractivity contribution in [1.29, 1.82) is 0 Å². The highest BCUT2D eigenvalue weighted by Crippen LogP contribution is 2.15. The summed E-state index contributed by atoms with van der Waals surface area (Å²) in [6.45, 7) is 4.94. The topological polar surface area (TPSA) is 29.5 Å². The van der Waals surface area contributed by atoms with Crippen molar-refractivity contribution in [3.8, 4) is 0 Å². The monoisotopic (exact) mass is 210 g/mol. The Kier molecular flexibility index (Phi) is 5.66. The summed E-state index contributed by atoms with van der Waals surface area (Å²) < 4.78 is 5.55. The molecule has 0 bridgehead atoms. The van der Waals surface area contributed by atoms with Crippen LogP contribution >= 0.6 is 0 Å². The minimum absolute atomic E-state index is 0.188. The average Bonchev–Trinajstić information content (AvgIpc) is 2.18. The van der Waals surface area contributed by atoms with Gasteiger partial charge in [-0.3, -0.25) is 0 Å². The first-order valence-corrected chi connectivity index (χ1v) is 5.84. The number of hydrogen-bond donors (Lipinski definition) is 1. The molecule has 0 aliphatic carbocycles. The fourth-order valence-corrected chi connectivity index (χ4v) is 1.74. The molecular formula is C13H22O2. The lowest BCUT2D eigenvalue weighted by Crippen LogP contribution is -2.15. The summed E-state index contributed by atoms with van der Waals surface area (Å²) >= 11 is 0. The third-order valence-electron chi connectivity index (χ3n) is 2.65. The van der Waals surface area contributed by atoms with Crippen LogP contribution in [0.5, 0.6) is 0 Å². The van der Waals surface area contributed by atoms with Crippen LogP contribution < -0.4 is 0 Å². The summed E-state index contributed by atoms with van der Waals surface area (Å²) in [6.07, 6.45) is 9.92. The summed E-state index contributed by atoms with van der Waals surface area (Å²) in [6, 6.07) is 0. The van der Waals surface area contributed by atoms with Gasteiger partial charge >= 0.3 is 0 Å². The second-order valence-electron chi connectivity index (χ2n) is 4.23. The van der Waals surface area contributed by atoms with E-state index in [-0.39, 0.29) is 12.2 Å². The van der Waals surface area contributed by atoms with Crippen LogP contribution in [0, 0.1) is 0 Å². The maximum absolute atomic E-state index is 9.53. The zero-order valence-electron chi connectivity index (χ0n) is 9.78. The van der Waals surface area contributed by atoms with Gasteiger partial charge in [0.2, 0.25) is 0 Å². The first-order valence-electron chi connectivity index (χ1n) is 5.84. The number of ether oxygens (including phenoxy) is 1. The quantitative estimate of drug-likeness (QED) is 0.707. The van der Waals surface area contributed by atoms with Gasteiger partial charge in [-0.2, -0.15) is 0 Å². The summed E-state index contributed by atoms with van der Waals surface area (Å²) in [4.78, 5) is 0. The Balaban J connectivity index is 2.23. The molecule has 0 radical (unpaired) electrons. The molecule has 0 saturated heterocycles. The van der Waals surface area contributed by atoms with Gasteiger partial charge in [0.15, 0.2) is 0 Å².